The van der Waals surface area contributed by atoms with E-state index in [1.165, 1.54) is 12.1 Å². The van der Waals surface area contributed by atoms with Crippen LogP contribution in [0.15, 0.2) is 24.3 Å². The first kappa shape index (κ1) is 14.7. The molecule has 1 fully saturated rings. The van der Waals surface area contributed by atoms with E-state index >= 15 is 0 Å². The first-order chi connectivity index (χ1) is 9.47. The topological polar surface area (TPSA) is 29.5 Å². The Hall–Kier alpha value is -1.72. The molecule has 20 heavy (non-hydrogen) atoms. The number of ether oxygens (including phenoxy) is 1. The van der Waals surface area contributed by atoms with Gasteiger partial charge in [-0.2, -0.15) is 13.2 Å². The van der Waals surface area contributed by atoms with Gasteiger partial charge >= 0.3 is 6.18 Å². The van der Waals surface area contributed by atoms with Crippen LogP contribution in [-0.4, -0.2) is 30.5 Å². The molecule has 0 saturated carbocycles. The van der Waals surface area contributed by atoms with Gasteiger partial charge in [-0.3, -0.25) is 4.79 Å². The van der Waals surface area contributed by atoms with Crippen molar-refractivity contribution in [1.29, 1.82) is 0 Å². The number of carbonyl (C=O) groups excluding carboxylic acids is 1. The van der Waals surface area contributed by atoms with E-state index < -0.39 is 11.7 Å². The number of nitrogens with zero attached hydrogens (tertiary/aromatic N) is 1. The van der Waals surface area contributed by atoms with Crippen molar-refractivity contribution >= 4 is 5.91 Å². The van der Waals surface area contributed by atoms with E-state index in [2.05, 4.69) is 0 Å². The van der Waals surface area contributed by atoms with E-state index in [4.69, 9.17) is 4.74 Å². The fourth-order valence-electron chi connectivity index (χ4n) is 2.12. The lowest BCUT2D eigenvalue weighted by Crippen LogP contribution is -2.38. The molecule has 0 N–H and O–H groups in total. The zero-order chi connectivity index (χ0) is 14.6. The Labute approximate surface area is 115 Å². The number of halogens is 3. The Morgan fingerprint density at radius 2 is 1.70 bits per heavy atom. The fraction of sp³-hybridized carbons (Fsp3) is 0.500. The molecule has 3 nitrogen and oxygen atoms in total. The van der Waals surface area contributed by atoms with Crippen LogP contribution in [0.3, 0.4) is 0 Å². The summed E-state index contributed by atoms with van der Waals surface area (Å²) in [5, 5.41) is 0. The van der Waals surface area contributed by atoms with E-state index in [1.807, 2.05) is 0 Å². The molecule has 0 radical (unpaired) electrons. The van der Waals surface area contributed by atoms with E-state index in [0.29, 0.717) is 0 Å². The summed E-state index contributed by atoms with van der Waals surface area (Å²) < 4.78 is 42.4. The van der Waals surface area contributed by atoms with Crippen LogP contribution in [-0.2, 0) is 11.0 Å². The lowest BCUT2D eigenvalue weighted by Gasteiger charge is -2.26. The molecule has 1 aromatic rings. The predicted octanol–water partition coefficient (Wildman–Crippen LogP) is 3.10. The third kappa shape index (κ3) is 3.88. The molecule has 1 amide bonds. The molecule has 1 aliphatic rings. The molecule has 110 valence electrons. The molecule has 1 heterocycles. The minimum absolute atomic E-state index is 0.121. The van der Waals surface area contributed by atoms with Crippen LogP contribution in [0.4, 0.5) is 13.2 Å². The molecule has 1 aromatic carbocycles. The van der Waals surface area contributed by atoms with Crippen molar-refractivity contribution in [2.24, 2.45) is 0 Å². The van der Waals surface area contributed by atoms with Gasteiger partial charge in [0.25, 0.3) is 5.91 Å². The second-order valence-electron chi connectivity index (χ2n) is 4.75. The van der Waals surface area contributed by atoms with Gasteiger partial charge < -0.3 is 9.64 Å². The quantitative estimate of drug-likeness (QED) is 0.855. The number of likely N-dealkylation sites (tertiary alicyclic amines) is 1. The van der Waals surface area contributed by atoms with Gasteiger partial charge in [0.15, 0.2) is 6.61 Å². The number of carbonyl (C=O) groups is 1. The number of rotatable bonds is 3. The number of benzene rings is 1. The molecular weight excluding hydrogens is 271 g/mol. The maximum absolute atomic E-state index is 12.4. The average molecular weight is 287 g/mol. The third-order valence-electron chi connectivity index (χ3n) is 3.25. The van der Waals surface area contributed by atoms with Crippen molar-refractivity contribution in [3.05, 3.63) is 29.8 Å². The van der Waals surface area contributed by atoms with Crippen LogP contribution in [0.25, 0.3) is 0 Å². The molecule has 0 atom stereocenters. The minimum Gasteiger partial charge on any atom is -0.484 e. The molecular formula is C14H16F3NO2. The summed E-state index contributed by atoms with van der Waals surface area (Å²) in [4.78, 5) is 13.5. The maximum atomic E-state index is 12.4. The smallest absolute Gasteiger partial charge is 0.416 e. The van der Waals surface area contributed by atoms with Gasteiger partial charge in [-0.15, -0.1) is 0 Å². The summed E-state index contributed by atoms with van der Waals surface area (Å²) in [6, 6.07) is 4.35. The van der Waals surface area contributed by atoms with E-state index in [9.17, 15) is 18.0 Å². The first-order valence-corrected chi connectivity index (χ1v) is 6.54. The van der Waals surface area contributed by atoms with Crippen LogP contribution in [0.5, 0.6) is 5.75 Å². The average Bonchev–Trinajstić information content (AvgIpc) is 2.45. The SMILES string of the molecule is O=C(COc1ccc(C(F)(F)F)cc1)N1CCCCC1. The fourth-order valence-corrected chi connectivity index (χ4v) is 2.12. The van der Waals surface area contributed by atoms with Crippen LogP contribution < -0.4 is 4.74 Å². The van der Waals surface area contributed by atoms with E-state index in [-0.39, 0.29) is 18.3 Å². The number of amides is 1. The lowest BCUT2D eigenvalue weighted by molar-refractivity contribution is -0.138. The monoisotopic (exact) mass is 287 g/mol. The van der Waals surface area contributed by atoms with Gasteiger partial charge in [0.1, 0.15) is 5.75 Å². The molecule has 6 heteroatoms. The minimum atomic E-state index is -4.36. The Kier molecular flexibility index (Phi) is 4.52. The number of piperidine rings is 1. The second kappa shape index (κ2) is 6.15. The van der Waals surface area contributed by atoms with Gasteiger partial charge in [0.2, 0.25) is 0 Å². The Balaban J connectivity index is 1.86. The van der Waals surface area contributed by atoms with Crippen LogP contribution in [0.2, 0.25) is 0 Å². The van der Waals surface area contributed by atoms with Crippen molar-refractivity contribution in [2.45, 2.75) is 25.4 Å². The van der Waals surface area contributed by atoms with Gasteiger partial charge in [0, 0.05) is 13.1 Å². The second-order valence-corrected chi connectivity index (χ2v) is 4.75. The van der Waals surface area contributed by atoms with Crippen molar-refractivity contribution in [2.75, 3.05) is 19.7 Å². The summed E-state index contributed by atoms with van der Waals surface area (Å²) in [5.74, 6) is 0.146. The van der Waals surface area contributed by atoms with Gasteiger partial charge in [-0.25, -0.2) is 0 Å². The largest absolute Gasteiger partial charge is 0.484 e. The molecule has 2 rings (SSSR count). The molecule has 1 aliphatic heterocycles. The summed E-state index contributed by atoms with van der Waals surface area (Å²) in [5.41, 5.74) is -0.729. The normalized spacial score (nSPS) is 16.1. The molecule has 0 aromatic heterocycles. The predicted molar refractivity (Wildman–Crippen MR) is 67.4 cm³/mol. The van der Waals surface area contributed by atoms with Crippen molar-refractivity contribution in [1.82, 2.24) is 4.90 Å². The number of hydrogen-bond donors (Lipinski definition) is 0. The van der Waals surface area contributed by atoms with Gasteiger partial charge in [-0.05, 0) is 43.5 Å². The Bertz CT molecular complexity index is 450. The summed E-state index contributed by atoms with van der Waals surface area (Å²) in [7, 11) is 0. The zero-order valence-corrected chi connectivity index (χ0v) is 10.9. The Morgan fingerprint density at radius 3 is 2.25 bits per heavy atom. The maximum Gasteiger partial charge on any atom is 0.416 e. The number of alkyl halides is 3. The molecule has 0 aliphatic carbocycles. The van der Waals surface area contributed by atoms with Crippen LogP contribution in [0, 0.1) is 0 Å². The molecule has 1 saturated heterocycles. The zero-order valence-electron chi connectivity index (χ0n) is 10.9. The highest BCUT2D eigenvalue weighted by molar-refractivity contribution is 5.77. The molecule has 0 spiro atoms. The van der Waals surface area contributed by atoms with Crippen LogP contribution in [0.1, 0.15) is 24.8 Å². The molecule has 0 unspecified atom stereocenters. The van der Waals surface area contributed by atoms with Crippen molar-refractivity contribution in [3.63, 3.8) is 0 Å². The van der Waals surface area contributed by atoms with E-state index in [1.54, 1.807) is 4.90 Å². The summed E-state index contributed by atoms with van der Waals surface area (Å²) >= 11 is 0. The van der Waals surface area contributed by atoms with E-state index in [0.717, 1.165) is 44.5 Å². The Morgan fingerprint density at radius 1 is 1.10 bits per heavy atom. The third-order valence-corrected chi connectivity index (χ3v) is 3.25. The highest BCUT2D eigenvalue weighted by Gasteiger charge is 2.30. The highest BCUT2D eigenvalue weighted by Crippen LogP contribution is 2.30. The van der Waals surface area contributed by atoms with Crippen LogP contribution >= 0.6 is 0 Å². The highest BCUT2D eigenvalue weighted by atomic mass is 19.4. The lowest BCUT2D eigenvalue weighted by atomic mass is 10.1. The summed E-state index contributed by atoms with van der Waals surface area (Å²) in [6.07, 6.45) is -1.25. The first-order valence-electron chi connectivity index (χ1n) is 6.54. The van der Waals surface area contributed by atoms with Crippen molar-refractivity contribution < 1.29 is 22.7 Å². The van der Waals surface area contributed by atoms with Gasteiger partial charge in [0.05, 0.1) is 5.56 Å². The molecule has 0 bridgehead atoms. The standard InChI is InChI=1S/C14H16F3NO2/c15-14(16,17)11-4-6-12(7-5-11)20-10-13(19)18-8-2-1-3-9-18/h4-7H,1-3,8-10H2. The van der Waals surface area contributed by atoms with Gasteiger partial charge in [-0.1, -0.05) is 0 Å². The number of hydrogen-bond acceptors (Lipinski definition) is 2. The van der Waals surface area contributed by atoms with Crippen molar-refractivity contribution in [3.8, 4) is 5.75 Å². The summed E-state index contributed by atoms with van der Waals surface area (Å²) in [6.45, 7) is 1.33.